The van der Waals surface area contributed by atoms with Crippen molar-refractivity contribution in [2.75, 3.05) is 6.61 Å². The first-order valence-electron chi connectivity index (χ1n) is 4.71. The Morgan fingerprint density at radius 3 is 2.93 bits per heavy atom. The maximum absolute atomic E-state index is 11.6. The molecule has 0 unspecified atom stereocenters. The Morgan fingerprint density at radius 2 is 2.21 bits per heavy atom. The van der Waals surface area contributed by atoms with Gasteiger partial charge in [0.05, 0.1) is 10.4 Å². The largest absolute Gasteiger partial charge is 0.462 e. The van der Waals surface area contributed by atoms with Crippen LogP contribution in [0.25, 0.3) is 0 Å². The molecular weight excluding hydrogens is 264 g/mol. The van der Waals surface area contributed by atoms with Gasteiger partial charge in [-0.2, -0.15) is 0 Å². The van der Waals surface area contributed by atoms with Crippen LogP contribution >= 0.6 is 27.3 Å². The van der Waals surface area contributed by atoms with Gasteiger partial charge in [-0.1, -0.05) is 0 Å². The fourth-order valence-corrected chi connectivity index (χ4v) is 3.73. The van der Waals surface area contributed by atoms with Gasteiger partial charge in [0.25, 0.3) is 0 Å². The van der Waals surface area contributed by atoms with E-state index in [0.29, 0.717) is 6.61 Å². The second kappa shape index (κ2) is 4.03. The van der Waals surface area contributed by atoms with Crippen molar-refractivity contribution in [3.05, 3.63) is 19.8 Å². The van der Waals surface area contributed by atoms with Gasteiger partial charge in [0.2, 0.25) is 0 Å². The van der Waals surface area contributed by atoms with Crippen molar-refractivity contribution < 1.29 is 9.53 Å². The van der Waals surface area contributed by atoms with Gasteiger partial charge in [0, 0.05) is 0 Å². The molecule has 14 heavy (non-hydrogen) atoms. The molecule has 0 amide bonds. The molecule has 2 rings (SSSR count). The van der Waals surface area contributed by atoms with Gasteiger partial charge in [-0.05, 0) is 53.2 Å². The zero-order valence-electron chi connectivity index (χ0n) is 7.93. The summed E-state index contributed by atoms with van der Waals surface area (Å²) in [7, 11) is 0. The van der Waals surface area contributed by atoms with E-state index < -0.39 is 0 Å². The Balaban J connectivity index is 2.35. The van der Waals surface area contributed by atoms with Crippen molar-refractivity contribution in [1.29, 1.82) is 0 Å². The first kappa shape index (κ1) is 10.2. The van der Waals surface area contributed by atoms with Crippen LogP contribution in [0.15, 0.2) is 3.79 Å². The molecule has 0 saturated heterocycles. The maximum Gasteiger partial charge on any atom is 0.348 e. The molecule has 0 atom stereocenters. The molecule has 1 aliphatic carbocycles. The van der Waals surface area contributed by atoms with Crippen molar-refractivity contribution in [3.8, 4) is 0 Å². The lowest BCUT2D eigenvalue weighted by Crippen LogP contribution is -2.04. The number of carbonyl (C=O) groups is 1. The van der Waals surface area contributed by atoms with Crippen LogP contribution in [0, 0.1) is 0 Å². The summed E-state index contributed by atoms with van der Waals surface area (Å²) >= 11 is 5.01. The van der Waals surface area contributed by atoms with Crippen LogP contribution in [-0.4, -0.2) is 12.6 Å². The zero-order chi connectivity index (χ0) is 10.1. The maximum atomic E-state index is 11.6. The number of fused-ring (bicyclic) bond motifs is 1. The lowest BCUT2D eigenvalue weighted by molar-refractivity contribution is 0.0531. The Labute approximate surface area is 95.4 Å². The molecule has 2 nitrogen and oxygen atoms in total. The highest BCUT2D eigenvalue weighted by atomic mass is 79.9. The fraction of sp³-hybridized carbons (Fsp3) is 0.500. The third-order valence-corrected chi connectivity index (χ3v) is 4.39. The molecule has 0 aromatic carbocycles. The van der Waals surface area contributed by atoms with Gasteiger partial charge in [-0.15, -0.1) is 11.3 Å². The van der Waals surface area contributed by atoms with E-state index in [1.807, 2.05) is 6.92 Å². The first-order valence-corrected chi connectivity index (χ1v) is 6.32. The summed E-state index contributed by atoms with van der Waals surface area (Å²) in [5.74, 6) is -0.165. The lowest BCUT2D eigenvalue weighted by Gasteiger charge is -2.00. The summed E-state index contributed by atoms with van der Waals surface area (Å²) in [6.07, 6.45) is 3.26. The van der Waals surface area contributed by atoms with Crippen LogP contribution in [0.3, 0.4) is 0 Å². The normalized spacial score (nSPS) is 14.1. The number of esters is 1. The molecule has 0 fully saturated rings. The minimum absolute atomic E-state index is 0.165. The molecular formula is C10H11BrO2S. The minimum Gasteiger partial charge on any atom is -0.462 e. The molecule has 0 saturated carbocycles. The van der Waals surface area contributed by atoms with E-state index in [1.165, 1.54) is 22.5 Å². The number of hydrogen-bond donors (Lipinski definition) is 0. The van der Waals surface area contributed by atoms with Gasteiger partial charge >= 0.3 is 5.97 Å². The van der Waals surface area contributed by atoms with Gasteiger partial charge in [-0.3, -0.25) is 0 Å². The predicted octanol–water partition coefficient (Wildman–Crippen LogP) is 3.18. The topological polar surface area (TPSA) is 26.3 Å². The molecule has 0 aliphatic heterocycles. The molecule has 0 spiro atoms. The highest BCUT2D eigenvalue weighted by Crippen LogP contribution is 2.39. The van der Waals surface area contributed by atoms with Crippen molar-refractivity contribution in [3.63, 3.8) is 0 Å². The van der Waals surface area contributed by atoms with Gasteiger partial charge in [0.1, 0.15) is 4.88 Å². The third kappa shape index (κ3) is 1.61. The summed E-state index contributed by atoms with van der Waals surface area (Å²) in [5, 5.41) is 0. The average Bonchev–Trinajstić information content (AvgIpc) is 2.70. The molecule has 1 aliphatic rings. The Morgan fingerprint density at radius 1 is 1.50 bits per heavy atom. The van der Waals surface area contributed by atoms with Crippen molar-refractivity contribution >= 4 is 33.2 Å². The fourth-order valence-electron chi connectivity index (χ4n) is 1.79. The Hall–Kier alpha value is -0.350. The number of rotatable bonds is 2. The molecule has 1 aromatic heterocycles. The zero-order valence-corrected chi connectivity index (χ0v) is 10.3. The summed E-state index contributed by atoms with van der Waals surface area (Å²) in [4.78, 5) is 12.4. The first-order chi connectivity index (χ1) is 6.74. The van der Waals surface area contributed by atoms with Gasteiger partial charge < -0.3 is 4.74 Å². The second-order valence-corrected chi connectivity index (χ2v) is 5.57. The lowest BCUT2D eigenvalue weighted by atomic mass is 10.2. The van der Waals surface area contributed by atoms with E-state index in [9.17, 15) is 4.79 Å². The molecule has 1 heterocycles. The van der Waals surface area contributed by atoms with Gasteiger partial charge in [0.15, 0.2) is 0 Å². The Kier molecular flexibility index (Phi) is 2.93. The predicted molar refractivity (Wildman–Crippen MR) is 60.0 cm³/mol. The number of thiophene rings is 1. The number of halogens is 1. The smallest absolute Gasteiger partial charge is 0.348 e. The SMILES string of the molecule is CCOC(=O)c1sc(Br)c2c1CCC2. The molecule has 76 valence electrons. The van der Waals surface area contributed by atoms with Crippen molar-refractivity contribution in [2.45, 2.75) is 26.2 Å². The summed E-state index contributed by atoms with van der Waals surface area (Å²) in [6.45, 7) is 2.28. The van der Waals surface area contributed by atoms with Crippen LogP contribution in [0.4, 0.5) is 0 Å². The third-order valence-electron chi connectivity index (χ3n) is 2.38. The van der Waals surface area contributed by atoms with E-state index in [4.69, 9.17) is 4.74 Å². The van der Waals surface area contributed by atoms with E-state index >= 15 is 0 Å². The molecule has 0 radical (unpaired) electrons. The van der Waals surface area contributed by atoms with Gasteiger partial charge in [-0.25, -0.2) is 4.79 Å². The standard InChI is InChI=1S/C10H11BrO2S/c1-2-13-10(12)8-6-4-3-5-7(6)9(11)14-8/h2-5H2,1H3. The number of carbonyl (C=O) groups excluding carboxylic acids is 1. The number of hydrogen-bond acceptors (Lipinski definition) is 3. The van der Waals surface area contributed by atoms with Crippen LogP contribution in [-0.2, 0) is 17.6 Å². The van der Waals surface area contributed by atoms with Crippen LogP contribution in [0.5, 0.6) is 0 Å². The molecule has 0 N–H and O–H groups in total. The van der Waals surface area contributed by atoms with E-state index in [2.05, 4.69) is 15.9 Å². The summed E-state index contributed by atoms with van der Waals surface area (Å²) in [6, 6.07) is 0. The van der Waals surface area contributed by atoms with Crippen LogP contribution in [0.2, 0.25) is 0 Å². The average molecular weight is 275 g/mol. The van der Waals surface area contributed by atoms with E-state index in [1.54, 1.807) is 0 Å². The van der Waals surface area contributed by atoms with Crippen molar-refractivity contribution in [2.24, 2.45) is 0 Å². The summed E-state index contributed by atoms with van der Waals surface area (Å²) < 4.78 is 6.12. The van der Waals surface area contributed by atoms with Crippen LogP contribution in [0.1, 0.15) is 34.1 Å². The Bertz CT molecular complexity index is 370. The molecule has 0 bridgehead atoms. The minimum atomic E-state index is -0.165. The second-order valence-electron chi connectivity index (χ2n) is 3.24. The number of ether oxygens (including phenoxy) is 1. The molecule has 4 heteroatoms. The monoisotopic (exact) mass is 274 g/mol. The summed E-state index contributed by atoms with van der Waals surface area (Å²) in [5.41, 5.74) is 2.53. The van der Waals surface area contributed by atoms with E-state index in [0.717, 1.165) is 27.9 Å². The highest BCUT2D eigenvalue weighted by Gasteiger charge is 2.25. The van der Waals surface area contributed by atoms with E-state index in [-0.39, 0.29) is 5.97 Å². The van der Waals surface area contributed by atoms with Crippen molar-refractivity contribution in [1.82, 2.24) is 0 Å². The van der Waals surface area contributed by atoms with Crippen LogP contribution < -0.4 is 0 Å². The highest BCUT2D eigenvalue weighted by molar-refractivity contribution is 9.11. The quantitative estimate of drug-likeness (QED) is 0.775. The molecule has 1 aromatic rings.